The molecular weight excluding hydrogens is 112 g/mol. The summed E-state index contributed by atoms with van der Waals surface area (Å²) in [5.74, 6) is 1.07. The third-order valence-corrected chi connectivity index (χ3v) is 2.48. The average Bonchev–Trinajstić information content (AvgIpc) is 1.83. The summed E-state index contributed by atoms with van der Waals surface area (Å²) in [7, 11) is 0. The minimum atomic E-state index is -0.0289. The first-order valence-corrected chi connectivity index (χ1v) is 3.90. The number of hydrogen-bond donors (Lipinski definition) is 1. The average molecular weight is 128 g/mol. The SMILES string of the molecule is CC1CCC[C@H](C)[C@@H]1O. The lowest BCUT2D eigenvalue weighted by molar-refractivity contribution is 0.0334. The summed E-state index contributed by atoms with van der Waals surface area (Å²) < 4.78 is 0. The summed E-state index contributed by atoms with van der Waals surface area (Å²) >= 11 is 0. The van der Waals surface area contributed by atoms with Crippen molar-refractivity contribution >= 4 is 0 Å². The van der Waals surface area contributed by atoms with Gasteiger partial charge in [-0.1, -0.05) is 20.3 Å². The lowest BCUT2D eigenvalue weighted by atomic mass is 9.81. The summed E-state index contributed by atoms with van der Waals surface area (Å²) in [6.45, 7) is 4.28. The summed E-state index contributed by atoms with van der Waals surface area (Å²) in [5.41, 5.74) is 0. The van der Waals surface area contributed by atoms with Crippen molar-refractivity contribution < 1.29 is 5.11 Å². The molecule has 3 atom stereocenters. The third kappa shape index (κ3) is 1.45. The van der Waals surface area contributed by atoms with E-state index in [2.05, 4.69) is 13.8 Å². The van der Waals surface area contributed by atoms with E-state index in [1.54, 1.807) is 0 Å². The lowest BCUT2D eigenvalue weighted by Gasteiger charge is -2.29. The number of hydrogen-bond acceptors (Lipinski definition) is 1. The molecule has 0 aromatic carbocycles. The zero-order chi connectivity index (χ0) is 6.85. The molecule has 1 unspecified atom stereocenters. The molecule has 9 heavy (non-hydrogen) atoms. The van der Waals surface area contributed by atoms with E-state index in [9.17, 15) is 5.11 Å². The molecule has 0 aromatic heterocycles. The minimum Gasteiger partial charge on any atom is -0.393 e. The number of aliphatic hydroxyl groups is 1. The van der Waals surface area contributed by atoms with Crippen molar-refractivity contribution in [1.29, 1.82) is 0 Å². The molecule has 0 radical (unpaired) electrons. The van der Waals surface area contributed by atoms with E-state index in [-0.39, 0.29) is 6.10 Å². The zero-order valence-corrected chi connectivity index (χ0v) is 6.30. The quantitative estimate of drug-likeness (QED) is 0.527. The predicted molar refractivity (Wildman–Crippen MR) is 38.2 cm³/mol. The van der Waals surface area contributed by atoms with E-state index in [1.165, 1.54) is 19.3 Å². The molecule has 0 aliphatic heterocycles. The molecule has 1 aliphatic rings. The van der Waals surface area contributed by atoms with Crippen LogP contribution in [0, 0.1) is 11.8 Å². The van der Waals surface area contributed by atoms with Crippen LogP contribution in [0.15, 0.2) is 0 Å². The first kappa shape index (κ1) is 7.07. The molecule has 1 saturated carbocycles. The lowest BCUT2D eigenvalue weighted by Crippen LogP contribution is -2.29. The highest BCUT2D eigenvalue weighted by molar-refractivity contribution is 4.75. The normalized spacial score (nSPS) is 45.0. The van der Waals surface area contributed by atoms with Gasteiger partial charge in [0.25, 0.3) is 0 Å². The Morgan fingerprint density at radius 1 is 1.11 bits per heavy atom. The summed E-state index contributed by atoms with van der Waals surface area (Å²) in [5, 5.41) is 9.45. The molecule has 1 rings (SSSR count). The van der Waals surface area contributed by atoms with E-state index >= 15 is 0 Å². The van der Waals surface area contributed by atoms with Crippen LogP contribution in [0.5, 0.6) is 0 Å². The van der Waals surface area contributed by atoms with Crippen molar-refractivity contribution in [3.05, 3.63) is 0 Å². The van der Waals surface area contributed by atoms with E-state index in [0.717, 1.165) is 0 Å². The number of rotatable bonds is 0. The van der Waals surface area contributed by atoms with Crippen LogP contribution >= 0.6 is 0 Å². The van der Waals surface area contributed by atoms with Gasteiger partial charge in [-0.2, -0.15) is 0 Å². The Labute approximate surface area is 57.1 Å². The predicted octanol–water partition coefficient (Wildman–Crippen LogP) is 1.80. The summed E-state index contributed by atoms with van der Waals surface area (Å²) in [4.78, 5) is 0. The van der Waals surface area contributed by atoms with Gasteiger partial charge < -0.3 is 5.11 Å². The van der Waals surface area contributed by atoms with E-state index in [1.807, 2.05) is 0 Å². The van der Waals surface area contributed by atoms with Crippen LogP contribution in [-0.2, 0) is 0 Å². The molecule has 0 aromatic rings. The van der Waals surface area contributed by atoms with E-state index in [4.69, 9.17) is 0 Å². The maximum absolute atomic E-state index is 9.45. The minimum absolute atomic E-state index is 0.0289. The summed E-state index contributed by atoms with van der Waals surface area (Å²) in [6, 6.07) is 0. The van der Waals surface area contributed by atoms with Gasteiger partial charge in [0.1, 0.15) is 0 Å². The third-order valence-electron chi connectivity index (χ3n) is 2.48. The van der Waals surface area contributed by atoms with Gasteiger partial charge in [-0.3, -0.25) is 0 Å². The molecule has 54 valence electrons. The van der Waals surface area contributed by atoms with E-state index in [0.29, 0.717) is 11.8 Å². The molecule has 0 saturated heterocycles. The Kier molecular flexibility index (Phi) is 2.12. The molecule has 0 amide bonds. The van der Waals surface area contributed by atoms with Gasteiger partial charge in [-0.25, -0.2) is 0 Å². The van der Waals surface area contributed by atoms with E-state index < -0.39 is 0 Å². The molecule has 1 fully saturated rings. The first-order chi connectivity index (χ1) is 4.22. The first-order valence-electron chi connectivity index (χ1n) is 3.90. The second kappa shape index (κ2) is 2.70. The highest BCUT2D eigenvalue weighted by Crippen LogP contribution is 2.28. The maximum atomic E-state index is 9.45. The van der Waals surface area contributed by atoms with Crippen LogP contribution in [0.25, 0.3) is 0 Å². The fourth-order valence-corrected chi connectivity index (χ4v) is 1.66. The monoisotopic (exact) mass is 128 g/mol. The maximum Gasteiger partial charge on any atom is 0.0591 e. The summed E-state index contributed by atoms with van der Waals surface area (Å²) in [6.07, 6.45) is 3.70. The topological polar surface area (TPSA) is 20.2 Å². The fourth-order valence-electron chi connectivity index (χ4n) is 1.66. The van der Waals surface area contributed by atoms with Crippen molar-refractivity contribution in [1.82, 2.24) is 0 Å². The highest BCUT2D eigenvalue weighted by atomic mass is 16.3. The smallest absolute Gasteiger partial charge is 0.0591 e. The number of aliphatic hydroxyl groups excluding tert-OH is 1. The second-order valence-electron chi connectivity index (χ2n) is 3.38. The van der Waals surface area contributed by atoms with Gasteiger partial charge >= 0.3 is 0 Å². The van der Waals surface area contributed by atoms with Crippen LogP contribution in [0.1, 0.15) is 33.1 Å². The Bertz CT molecular complexity index is 80.6. The Balaban J connectivity index is 2.41. The van der Waals surface area contributed by atoms with Crippen LogP contribution < -0.4 is 0 Å². The standard InChI is InChI=1S/C8H16O/c1-6-4-3-5-7(2)8(6)9/h6-9H,3-5H2,1-2H3/t6-,7?,8-/m0/s1. The van der Waals surface area contributed by atoms with Gasteiger partial charge in [-0.15, -0.1) is 0 Å². The molecule has 0 heterocycles. The largest absolute Gasteiger partial charge is 0.393 e. The van der Waals surface area contributed by atoms with Crippen molar-refractivity contribution in [2.45, 2.75) is 39.2 Å². The van der Waals surface area contributed by atoms with Crippen LogP contribution in [0.4, 0.5) is 0 Å². The van der Waals surface area contributed by atoms with Gasteiger partial charge in [0.2, 0.25) is 0 Å². The fraction of sp³-hybridized carbons (Fsp3) is 1.00. The Hall–Kier alpha value is -0.0400. The van der Waals surface area contributed by atoms with Crippen LogP contribution in [-0.4, -0.2) is 11.2 Å². The Morgan fingerprint density at radius 3 is 1.89 bits per heavy atom. The Morgan fingerprint density at radius 2 is 1.56 bits per heavy atom. The molecule has 1 aliphatic carbocycles. The second-order valence-corrected chi connectivity index (χ2v) is 3.38. The van der Waals surface area contributed by atoms with Crippen molar-refractivity contribution in [3.8, 4) is 0 Å². The molecule has 1 N–H and O–H groups in total. The van der Waals surface area contributed by atoms with Gasteiger partial charge in [-0.05, 0) is 24.7 Å². The highest BCUT2D eigenvalue weighted by Gasteiger charge is 2.24. The molecule has 1 heteroatoms. The molecule has 1 nitrogen and oxygen atoms in total. The van der Waals surface area contributed by atoms with Crippen molar-refractivity contribution in [2.24, 2.45) is 11.8 Å². The van der Waals surface area contributed by atoms with Gasteiger partial charge in [0, 0.05) is 0 Å². The van der Waals surface area contributed by atoms with Crippen molar-refractivity contribution in [3.63, 3.8) is 0 Å². The van der Waals surface area contributed by atoms with Gasteiger partial charge in [0.15, 0.2) is 0 Å². The van der Waals surface area contributed by atoms with Gasteiger partial charge in [0.05, 0.1) is 6.10 Å². The molecule has 0 bridgehead atoms. The molecule has 0 spiro atoms. The van der Waals surface area contributed by atoms with Crippen LogP contribution in [0.2, 0.25) is 0 Å². The zero-order valence-electron chi connectivity index (χ0n) is 6.30. The van der Waals surface area contributed by atoms with Crippen molar-refractivity contribution in [2.75, 3.05) is 0 Å². The molecular formula is C8H16O. The van der Waals surface area contributed by atoms with Crippen LogP contribution in [0.3, 0.4) is 0 Å².